The highest BCUT2D eigenvalue weighted by molar-refractivity contribution is 8.00. The molecule has 2 atom stereocenters. The number of aromatic nitrogens is 4. The molecular weight excluding hydrogens is 404 g/mol. The Kier molecular flexibility index (Phi) is 6.12. The fourth-order valence-corrected chi connectivity index (χ4v) is 8.03. The molecule has 8 nitrogen and oxygen atoms in total. The van der Waals surface area contributed by atoms with Crippen LogP contribution in [0.15, 0.2) is 24.8 Å². The normalized spacial score (nSPS) is 25.6. The van der Waals surface area contributed by atoms with Crippen LogP contribution in [0.3, 0.4) is 0 Å². The third-order valence-corrected chi connectivity index (χ3v) is 9.19. The first-order chi connectivity index (χ1) is 13.1. The molecule has 4 rings (SSSR count). The summed E-state index contributed by atoms with van der Waals surface area (Å²) in [5.41, 5.74) is 0. The van der Waals surface area contributed by atoms with Crippen LogP contribution >= 0.6 is 23.5 Å². The van der Waals surface area contributed by atoms with Gasteiger partial charge >= 0.3 is 0 Å². The predicted octanol–water partition coefficient (Wildman–Crippen LogP) is 0.998. The number of nitrogens with one attached hydrogen (secondary N) is 2. The van der Waals surface area contributed by atoms with Gasteiger partial charge in [-0.1, -0.05) is 0 Å². The molecule has 0 aromatic carbocycles. The van der Waals surface area contributed by atoms with E-state index in [4.69, 9.17) is 0 Å². The van der Waals surface area contributed by atoms with Gasteiger partial charge in [0.15, 0.2) is 0 Å². The zero-order chi connectivity index (χ0) is 18.7. The van der Waals surface area contributed by atoms with Crippen LogP contribution in [0.2, 0.25) is 0 Å². The minimum Gasteiger partial charge on any atom is -0.349 e. The van der Waals surface area contributed by atoms with Gasteiger partial charge in [0.1, 0.15) is 11.6 Å². The minimum absolute atomic E-state index is 0.234. The number of hydrogen-bond acceptors (Lipinski definition) is 6. The third-order valence-electron chi connectivity index (χ3n) is 4.81. The smallest absolute Gasteiger partial charge is 0.282 e. The van der Waals surface area contributed by atoms with Crippen molar-refractivity contribution in [1.29, 1.82) is 0 Å². The summed E-state index contributed by atoms with van der Waals surface area (Å²) in [6, 6.07) is 0. The SMILES string of the molecule is O=S(=O)(N1CCSC(Cc2ncc[nH]2)C1)N1CCSC(Cc2ncc[nH]2)C1. The average molecular weight is 429 g/mol. The second kappa shape index (κ2) is 8.56. The zero-order valence-electron chi connectivity index (χ0n) is 15.0. The molecule has 2 saturated heterocycles. The van der Waals surface area contributed by atoms with E-state index in [1.54, 1.807) is 21.0 Å². The van der Waals surface area contributed by atoms with Crippen LogP contribution in [0, 0.1) is 0 Å². The summed E-state index contributed by atoms with van der Waals surface area (Å²) in [6.45, 7) is 2.24. The lowest BCUT2D eigenvalue weighted by molar-refractivity contribution is 0.340. The van der Waals surface area contributed by atoms with Crippen molar-refractivity contribution in [1.82, 2.24) is 28.5 Å². The van der Waals surface area contributed by atoms with Gasteiger partial charge in [-0.15, -0.1) is 0 Å². The van der Waals surface area contributed by atoms with Gasteiger partial charge in [-0.25, -0.2) is 9.97 Å². The summed E-state index contributed by atoms with van der Waals surface area (Å²) in [7, 11) is -3.43. The molecule has 148 valence electrons. The Balaban J connectivity index is 1.39. The van der Waals surface area contributed by atoms with Gasteiger partial charge in [-0.3, -0.25) is 0 Å². The molecule has 11 heteroatoms. The van der Waals surface area contributed by atoms with Gasteiger partial charge in [0, 0.05) is 85.8 Å². The molecule has 0 saturated carbocycles. The monoisotopic (exact) mass is 428 g/mol. The molecule has 0 aliphatic carbocycles. The van der Waals surface area contributed by atoms with Gasteiger partial charge in [-0.2, -0.15) is 40.6 Å². The van der Waals surface area contributed by atoms with Crippen LogP contribution in [0.25, 0.3) is 0 Å². The van der Waals surface area contributed by atoms with Crippen LogP contribution in [0.1, 0.15) is 11.6 Å². The summed E-state index contributed by atoms with van der Waals surface area (Å²) >= 11 is 3.66. The quantitative estimate of drug-likeness (QED) is 0.712. The summed E-state index contributed by atoms with van der Waals surface area (Å²) in [4.78, 5) is 14.8. The van der Waals surface area contributed by atoms with Crippen molar-refractivity contribution in [3.05, 3.63) is 36.4 Å². The highest BCUT2D eigenvalue weighted by Gasteiger charge is 2.37. The van der Waals surface area contributed by atoms with E-state index in [0.29, 0.717) is 26.2 Å². The van der Waals surface area contributed by atoms with Crippen LogP contribution < -0.4 is 0 Å². The van der Waals surface area contributed by atoms with Crippen molar-refractivity contribution in [2.24, 2.45) is 0 Å². The van der Waals surface area contributed by atoms with E-state index in [1.165, 1.54) is 0 Å². The van der Waals surface area contributed by atoms with Gasteiger partial charge in [0.05, 0.1) is 0 Å². The summed E-state index contributed by atoms with van der Waals surface area (Å²) < 4.78 is 29.8. The van der Waals surface area contributed by atoms with Crippen LogP contribution in [-0.4, -0.2) is 85.1 Å². The molecule has 2 aromatic rings. The maximum Gasteiger partial charge on any atom is 0.282 e. The molecule has 4 heterocycles. The number of aromatic amines is 2. The van der Waals surface area contributed by atoms with Gasteiger partial charge in [0.25, 0.3) is 10.2 Å². The van der Waals surface area contributed by atoms with Crippen molar-refractivity contribution in [2.75, 3.05) is 37.7 Å². The maximum atomic E-state index is 13.2. The Morgan fingerprint density at radius 1 is 0.926 bits per heavy atom. The fourth-order valence-electron chi connectivity index (χ4n) is 3.46. The summed E-state index contributed by atoms with van der Waals surface area (Å²) in [6.07, 6.45) is 8.62. The molecule has 0 bridgehead atoms. The Hall–Kier alpha value is -1.01. The number of nitrogens with zero attached hydrogens (tertiary/aromatic N) is 4. The Labute approximate surface area is 168 Å². The number of H-pyrrole nitrogens is 2. The minimum atomic E-state index is -3.43. The van der Waals surface area contributed by atoms with E-state index in [0.717, 1.165) is 36.0 Å². The number of imidazole rings is 2. The number of rotatable bonds is 6. The first kappa shape index (κ1) is 19.3. The number of thioether (sulfide) groups is 2. The highest BCUT2D eigenvalue weighted by Crippen LogP contribution is 2.28. The highest BCUT2D eigenvalue weighted by atomic mass is 32.2. The van der Waals surface area contributed by atoms with E-state index in [1.807, 2.05) is 35.9 Å². The first-order valence-electron chi connectivity index (χ1n) is 9.06. The van der Waals surface area contributed by atoms with Crippen LogP contribution in [-0.2, 0) is 23.1 Å². The molecule has 2 N–H and O–H groups in total. The van der Waals surface area contributed by atoms with Crippen molar-refractivity contribution in [3.8, 4) is 0 Å². The van der Waals surface area contributed by atoms with Gasteiger partial charge < -0.3 is 9.97 Å². The molecule has 0 radical (unpaired) electrons. The lowest BCUT2D eigenvalue weighted by atomic mass is 10.3. The Bertz CT molecular complexity index is 749. The van der Waals surface area contributed by atoms with Crippen molar-refractivity contribution in [2.45, 2.75) is 23.3 Å². The lowest BCUT2D eigenvalue weighted by Crippen LogP contribution is -2.53. The van der Waals surface area contributed by atoms with Crippen LogP contribution in [0.5, 0.6) is 0 Å². The largest absolute Gasteiger partial charge is 0.349 e. The van der Waals surface area contributed by atoms with Crippen molar-refractivity contribution < 1.29 is 8.42 Å². The molecule has 2 aliphatic heterocycles. The maximum absolute atomic E-state index is 13.2. The zero-order valence-corrected chi connectivity index (χ0v) is 17.4. The van der Waals surface area contributed by atoms with Crippen molar-refractivity contribution >= 4 is 33.7 Å². The second-order valence-electron chi connectivity index (χ2n) is 6.69. The van der Waals surface area contributed by atoms with E-state index in [9.17, 15) is 8.42 Å². The molecule has 0 amide bonds. The lowest BCUT2D eigenvalue weighted by Gasteiger charge is -2.38. The van der Waals surface area contributed by atoms with E-state index in [2.05, 4.69) is 19.9 Å². The molecule has 2 aliphatic rings. The summed E-state index contributed by atoms with van der Waals surface area (Å²) in [5.74, 6) is 3.48. The van der Waals surface area contributed by atoms with E-state index < -0.39 is 10.2 Å². The molecule has 27 heavy (non-hydrogen) atoms. The Morgan fingerprint density at radius 2 is 1.41 bits per heavy atom. The predicted molar refractivity (Wildman–Crippen MR) is 109 cm³/mol. The van der Waals surface area contributed by atoms with Gasteiger partial charge in [0.2, 0.25) is 0 Å². The van der Waals surface area contributed by atoms with Crippen LogP contribution in [0.4, 0.5) is 0 Å². The first-order valence-corrected chi connectivity index (χ1v) is 12.6. The van der Waals surface area contributed by atoms with Gasteiger partial charge in [-0.05, 0) is 0 Å². The molecule has 2 aromatic heterocycles. The molecular formula is C16H24N6O2S3. The molecule has 2 fully saturated rings. The third kappa shape index (κ3) is 4.70. The topological polar surface area (TPSA) is 98.0 Å². The second-order valence-corrected chi connectivity index (χ2v) is 11.4. The summed E-state index contributed by atoms with van der Waals surface area (Å²) in [5, 5.41) is 0.468. The Morgan fingerprint density at radius 3 is 1.81 bits per heavy atom. The fraction of sp³-hybridized carbons (Fsp3) is 0.625. The molecule has 0 spiro atoms. The van der Waals surface area contributed by atoms with E-state index in [-0.39, 0.29) is 10.5 Å². The average Bonchev–Trinajstić information content (AvgIpc) is 3.36. The van der Waals surface area contributed by atoms with Crippen molar-refractivity contribution in [3.63, 3.8) is 0 Å². The van der Waals surface area contributed by atoms with E-state index >= 15 is 0 Å². The number of hydrogen-bond donors (Lipinski definition) is 2. The molecule has 2 unspecified atom stereocenters. The standard InChI is InChI=1S/C16H24N6O2S3/c23-27(24,21-5-7-25-13(11-21)9-15-17-1-2-18-15)22-6-8-26-14(12-22)10-16-19-3-4-20-16/h1-4,13-14H,5-12H2,(H,17,18)(H,19,20).